The third kappa shape index (κ3) is 4.19. The number of pyridine rings is 1. The number of nitrogens with two attached hydrogens (primary N) is 1. The quantitative estimate of drug-likeness (QED) is 0.858. The molecule has 1 aliphatic rings. The van der Waals surface area contributed by atoms with Crippen LogP contribution in [0.5, 0.6) is 0 Å². The third-order valence-electron chi connectivity index (χ3n) is 4.34. The van der Waals surface area contributed by atoms with Gasteiger partial charge in [-0.25, -0.2) is 4.98 Å². The van der Waals surface area contributed by atoms with Crippen LogP contribution in [0.15, 0.2) is 12.1 Å². The van der Waals surface area contributed by atoms with Crippen LogP contribution >= 0.6 is 0 Å². The van der Waals surface area contributed by atoms with Gasteiger partial charge in [0.25, 0.3) is 0 Å². The predicted molar refractivity (Wildman–Crippen MR) is 90.7 cm³/mol. The van der Waals surface area contributed by atoms with Crippen molar-refractivity contribution in [1.82, 2.24) is 4.98 Å². The lowest BCUT2D eigenvalue weighted by Crippen LogP contribution is -2.37. The minimum Gasteiger partial charge on any atom is -0.353 e. The molecule has 2 rings (SSSR count). The molecule has 21 heavy (non-hydrogen) atoms. The molecule has 3 heteroatoms. The number of rotatable bonds is 6. The molecule has 1 fully saturated rings. The van der Waals surface area contributed by atoms with Gasteiger partial charge in [0.2, 0.25) is 0 Å². The van der Waals surface area contributed by atoms with E-state index in [2.05, 4.69) is 44.7 Å². The van der Waals surface area contributed by atoms with Crippen LogP contribution in [-0.4, -0.2) is 17.6 Å². The summed E-state index contributed by atoms with van der Waals surface area (Å²) < 4.78 is 0. The van der Waals surface area contributed by atoms with Gasteiger partial charge in [-0.15, -0.1) is 0 Å². The summed E-state index contributed by atoms with van der Waals surface area (Å²) in [5.74, 6) is 2.23. The van der Waals surface area contributed by atoms with E-state index in [1.807, 2.05) is 0 Å². The van der Waals surface area contributed by atoms with Crippen LogP contribution in [0.3, 0.4) is 0 Å². The first-order chi connectivity index (χ1) is 10.0. The zero-order chi connectivity index (χ0) is 15.4. The molecule has 1 aliphatic carbocycles. The molecule has 3 nitrogen and oxygen atoms in total. The summed E-state index contributed by atoms with van der Waals surface area (Å²) in [4.78, 5) is 7.49. The Balaban J connectivity index is 2.35. The SMILES string of the molecule is CC(C)CN(c1cc(CN)cc(C(C)C)n1)C1CCCC1. The molecule has 1 heterocycles. The maximum atomic E-state index is 5.90. The molecule has 0 radical (unpaired) electrons. The first-order valence-corrected chi connectivity index (χ1v) is 8.48. The summed E-state index contributed by atoms with van der Waals surface area (Å²) in [7, 11) is 0. The predicted octanol–water partition coefficient (Wildman–Crippen LogP) is 4.07. The Morgan fingerprint density at radius 2 is 1.86 bits per heavy atom. The summed E-state index contributed by atoms with van der Waals surface area (Å²) >= 11 is 0. The van der Waals surface area contributed by atoms with Crippen molar-refractivity contribution in [3.8, 4) is 0 Å². The first kappa shape index (κ1) is 16.3. The Hall–Kier alpha value is -1.09. The second-order valence-electron chi connectivity index (χ2n) is 7.10. The van der Waals surface area contributed by atoms with Gasteiger partial charge >= 0.3 is 0 Å². The van der Waals surface area contributed by atoms with Crippen LogP contribution in [0.2, 0.25) is 0 Å². The van der Waals surface area contributed by atoms with Crippen molar-refractivity contribution in [3.05, 3.63) is 23.4 Å². The Labute approximate surface area is 129 Å². The highest BCUT2D eigenvalue weighted by Crippen LogP contribution is 2.29. The van der Waals surface area contributed by atoms with E-state index in [0.29, 0.717) is 24.4 Å². The van der Waals surface area contributed by atoms with Crippen molar-refractivity contribution >= 4 is 5.82 Å². The van der Waals surface area contributed by atoms with Crippen LogP contribution in [0.1, 0.15) is 70.6 Å². The van der Waals surface area contributed by atoms with E-state index in [1.54, 1.807) is 0 Å². The molecular formula is C18H31N3. The van der Waals surface area contributed by atoms with Gasteiger partial charge in [-0.05, 0) is 42.4 Å². The monoisotopic (exact) mass is 289 g/mol. The molecule has 1 aromatic rings. The molecular weight excluding hydrogens is 258 g/mol. The van der Waals surface area contributed by atoms with Gasteiger partial charge in [-0.3, -0.25) is 0 Å². The van der Waals surface area contributed by atoms with Crippen molar-refractivity contribution < 1.29 is 0 Å². The number of nitrogens with zero attached hydrogens (tertiary/aromatic N) is 2. The Kier molecular flexibility index (Phi) is 5.63. The van der Waals surface area contributed by atoms with Gasteiger partial charge in [0.05, 0.1) is 0 Å². The van der Waals surface area contributed by atoms with E-state index in [9.17, 15) is 0 Å². The van der Waals surface area contributed by atoms with Gasteiger partial charge < -0.3 is 10.6 Å². The molecule has 0 unspecified atom stereocenters. The highest BCUT2D eigenvalue weighted by Gasteiger charge is 2.25. The molecule has 0 aromatic carbocycles. The van der Waals surface area contributed by atoms with Gasteiger partial charge in [0, 0.05) is 24.8 Å². The smallest absolute Gasteiger partial charge is 0.129 e. The lowest BCUT2D eigenvalue weighted by molar-refractivity contribution is 0.530. The lowest BCUT2D eigenvalue weighted by atomic mass is 10.1. The minimum atomic E-state index is 0.444. The van der Waals surface area contributed by atoms with Crippen LogP contribution < -0.4 is 10.6 Å². The Morgan fingerprint density at radius 3 is 2.38 bits per heavy atom. The first-order valence-electron chi connectivity index (χ1n) is 8.48. The van der Waals surface area contributed by atoms with E-state index in [1.165, 1.54) is 36.9 Å². The van der Waals surface area contributed by atoms with Gasteiger partial charge in [-0.2, -0.15) is 0 Å². The van der Waals surface area contributed by atoms with Crippen molar-refractivity contribution in [1.29, 1.82) is 0 Å². The van der Waals surface area contributed by atoms with E-state index in [4.69, 9.17) is 10.7 Å². The minimum absolute atomic E-state index is 0.444. The fourth-order valence-electron chi connectivity index (χ4n) is 3.19. The summed E-state index contributed by atoms with van der Waals surface area (Å²) in [6, 6.07) is 5.02. The van der Waals surface area contributed by atoms with Crippen molar-refractivity contribution in [2.45, 2.75) is 71.9 Å². The molecule has 0 atom stereocenters. The van der Waals surface area contributed by atoms with Gasteiger partial charge in [0.1, 0.15) is 5.82 Å². The van der Waals surface area contributed by atoms with E-state index in [-0.39, 0.29) is 0 Å². The normalized spacial score (nSPS) is 16.1. The van der Waals surface area contributed by atoms with Crippen molar-refractivity contribution in [2.24, 2.45) is 11.7 Å². The zero-order valence-corrected chi connectivity index (χ0v) is 14.1. The van der Waals surface area contributed by atoms with Crippen LogP contribution in [0.25, 0.3) is 0 Å². The maximum Gasteiger partial charge on any atom is 0.129 e. The number of anilines is 1. The number of hydrogen-bond donors (Lipinski definition) is 1. The average molecular weight is 289 g/mol. The van der Waals surface area contributed by atoms with E-state index < -0.39 is 0 Å². The van der Waals surface area contributed by atoms with Crippen LogP contribution in [0, 0.1) is 5.92 Å². The maximum absolute atomic E-state index is 5.90. The van der Waals surface area contributed by atoms with Crippen LogP contribution in [0.4, 0.5) is 5.82 Å². The van der Waals surface area contributed by atoms with E-state index in [0.717, 1.165) is 12.4 Å². The summed E-state index contributed by atoms with van der Waals surface area (Å²) in [5.41, 5.74) is 8.27. The molecule has 0 saturated heterocycles. The molecule has 0 bridgehead atoms. The summed E-state index contributed by atoms with van der Waals surface area (Å²) in [5, 5.41) is 0. The summed E-state index contributed by atoms with van der Waals surface area (Å²) in [6.45, 7) is 10.7. The van der Waals surface area contributed by atoms with Crippen molar-refractivity contribution in [3.63, 3.8) is 0 Å². The topological polar surface area (TPSA) is 42.1 Å². The second kappa shape index (κ2) is 7.26. The summed E-state index contributed by atoms with van der Waals surface area (Å²) in [6.07, 6.45) is 5.32. The Morgan fingerprint density at radius 1 is 1.19 bits per heavy atom. The Bertz CT molecular complexity index is 448. The molecule has 118 valence electrons. The lowest BCUT2D eigenvalue weighted by Gasteiger charge is -2.32. The molecule has 0 spiro atoms. The zero-order valence-electron chi connectivity index (χ0n) is 14.1. The highest BCUT2D eigenvalue weighted by molar-refractivity contribution is 5.44. The average Bonchev–Trinajstić information content (AvgIpc) is 2.97. The molecule has 0 aliphatic heterocycles. The van der Waals surface area contributed by atoms with Gasteiger partial charge in [0.15, 0.2) is 0 Å². The fourth-order valence-corrected chi connectivity index (χ4v) is 3.19. The fraction of sp³-hybridized carbons (Fsp3) is 0.722. The molecule has 1 aromatic heterocycles. The second-order valence-corrected chi connectivity index (χ2v) is 7.10. The third-order valence-corrected chi connectivity index (χ3v) is 4.34. The largest absolute Gasteiger partial charge is 0.353 e. The molecule has 2 N–H and O–H groups in total. The van der Waals surface area contributed by atoms with Crippen molar-refractivity contribution in [2.75, 3.05) is 11.4 Å². The number of hydrogen-bond acceptors (Lipinski definition) is 3. The highest BCUT2D eigenvalue weighted by atomic mass is 15.2. The van der Waals surface area contributed by atoms with E-state index >= 15 is 0 Å². The standard InChI is InChI=1S/C18H31N3/c1-13(2)12-21(16-7-5-6-8-16)18-10-15(11-19)9-17(20-18)14(3)4/h9-10,13-14,16H,5-8,11-12,19H2,1-4H3. The number of aromatic nitrogens is 1. The van der Waals surface area contributed by atoms with Crippen LogP contribution in [-0.2, 0) is 6.54 Å². The van der Waals surface area contributed by atoms with Gasteiger partial charge in [-0.1, -0.05) is 40.5 Å². The molecule has 1 saturated carbocycles. The molecule has 0 amide bonds.